The van der Waals surface area contributed by atoms with Gasteiger partial charge < -0.3 is 14.5 Å². The molecule has 3 aromatic rings. The molecule has 0 saturated carbocycles. The first-order valence-electron chi connectivity index (χ1n) is 8.14. The number of hydrogen-bond donors (Lipinski definition) is 1. The van der Waals surface area contributed by atoms with E-state index >= 15 is 0 Å². The minimum atomic E-state index is 0.496. The van der Waals surface area contributed by atoms with Crippen LogP contribution in [0.1, 0.15) is 25.5 Å². The Morgan fingerprint density at radius 2 is 2.16 bits per heavy atom. The Morgan fingerprint density at radius 1 is 1.28 bits per heavy atom. The minimum Gasteiger partial charge on any atom is -0.495 e. The van der Waals surface area contributed by atoms with Crippen molar-refractivity contribution in [3.63, 3.8) is 0 Å². The summed E-state index contributed by atoms with van der Waals surface area (Å²) in [6.45, 7) is 3.42. The maximum atomic E-state index is 6.17. The van der Waals surface area contributed by atoms with Gasteiger partial charge in [0.25, 0.3) is 0 Å². The van der Waals surface area contributed by atoms with E-state index in [9.17, 15) is 0 Å². The van der Waals surface area contributed by atoms with Crippen molar-refractivity contribution >= 4 is 17.5 Å². The van der Waals surface area contributed by atoms with Gasteiger partial charge in [-0.2, -0.15) is 0 Å². The fourth-order valence-electron chi connectivity index (χ4n) is 2.40. The van der Waals surface area contributed by atoms with Gasteiger partial charge in [-0.1, -0.05) is 30.0 Å². The summed E-state index contributed by atoms with van der Waals surface area (Å²) < 4.78 is 12.8. The molecule has 2 heterocycles. The van der Waals surface area contributed by atoms with Crippen LogP contribution in [-0.4, -0.2) is 27.3 Å². The molecule has 0 bridgehead atoms. The third-order valence-electron chi connectivity index (χ3n) is 3.77. The first kappa shape index (κ1) is 17.3. The second-order valence-corrected chi connectivity index (χ2v) is 5.96. The summed E-state index contributed by atoms with van der Waals surface area (Å²) in [6, 6.07) is 9.38. The highest BCUT2D eigenvalue weighted by molar-refractivity contribution is 6.32. The van der Waals surface area contributed by atoms with Crippen LogP contribution < -0.4 is 10.1 Å². The zero-order valence-electron chi connectivity index (χ0n) is 14.2. The molecular weight excluding hydrogens is 342 g/mol. The number of methoxy groups -OCH3 is 1. The van der Waals surface area contributed by atoms with Crippen molar-refractivity contribution in [2.75, 3.05) is 12.4 Å². The molecule has 0 unspecified atom stereocenters. The van der Waals surface area contributed by atoms with Gasteiger partial charge in [0, 0.05) is 12.1 Å². The molecule has 0 radical (unpaired) electrons. The maximum absolute atomic E-state index is 6.17. The molecule has 0 fully saturated rings. The van der Waals surface area contributed by atoms with E-state index in [4.69, 9.17) is 20.8 Å². The quantitative estimate of drug-likeness (QED) is 0.653. The van der Waals surface area contributed by atoms with Crippen molar-refractivity contribution in [1.29, 1.82) is 0 Å². The Morgan fingerprint density at radius 3 is 2.92 bits per heavy atom. The van der Waals surface area contributed by atoms with Crippen molar-refractivity contribution in [3.05, 3.63) is 41.1 Å². The van der Waals surface area contributed by atoms with Crippen molar-refractivity contribution in [2.45, 2.75) is 32.9 Å². The molecule has 132 valence electrons. The molecule has 0 aliphatic rings. The molecule has 0 aliphatic carbocycles. The number of nitrogens with one attached hydrogen (secondary N) is 1. The average Bonchev–Trinajstić information content (AvgIpc) is 3.27. The van der Waals surface area contributed by atoms with Crippen LogP contribution in [0.25, 0.3) is 11.3 Å². The number of anilines is 1. The summed E-state index contributed by atoms with van der Waals surface area (Å²) in [5.74, 6) is 2.80. The van der Waals surface area contributed by atoms with Crippen LogP contribution in [0.2, 0.25) is 5.02 Å². The summed E-state index contributed by atoms with van der Waals surface area (Å²) in [4.78, 5) is 0. The third kappa shape index (κ3) is 4.11. The molecule has 0 spiro atoms. The molecule has 0 amide bonds. The molecule has 8 heteroatoms. The molecule has 1 aromatic carbocycles. The van der Waals surface area contributed by atoms with E-state index in [2.05, 4.69) is 27.8 Å². The molecule has 25 heavy (non-hydrogen) atoms. The van der Waals surface area contributed by atoms with Crippen molar-refractivity contribution in [2.24, 2.45) is 0 Å². The van der Waals surface area contributed by atoms with E-state index in [0.29, 0.717) is 23.3 Å². The number of aryl methyl sites for hydroxylation is 1. The van der Waals surface area contributed by atoms with Gasteiger partial charge in [-0.3, -0.25) is 0 Å². The summed E-state index contributed by atoms with van der Waals surface area (Å²) in [5.41, 5.74) is 0.893. The highest BCUT2D eigenvalue weighted by Crippen LogP contribution is 2.31. The zero-order valence-corrected chi connectivity index (χ0v) is 15.0. The van der Waals surface area contributed by atoms with Gasteiger partial charge in [-0.15, -0.1) is 0 Å². The summed E-state index contributed by atoms with van der Waals surface area (Å²) in [5, 5.41) is 15.4. The van der Waals surface area contributed by atoms with Gasteiger partial charge in [0.05, 0.1) is 18.7 Å². The van der Waals surface area contributed by atoms with Gasteiger partial charge >= 0.3 is 0 Å². The van der Waals surface area contributed by atoms with Crippen LogP contribution in [0.5, 0.6) is 5.75 Å². The Hall–Kier alpha value is -2.54. The second-order valence-electron chi connectivity index (χ2n) is 5.55. The summed E-state index contributed by atoms with van der Waals surface area (Å²) >= 11 is 6.17. The van der Waals surface area contributed by atoms with Gasteiger partial charge in [0.1, 0.15) is 17.3 Å². The monoisotopic (exact) mass is 361 g/mol. The summed E-state index contributed by atoms with van der Waals surface area (Å²) in [7, 11) is 1.59. The highest BCUT2D eigenvalue weighted by Gasteiger charge is 2.10. The highest BCUT2D eigenvalue weighted by atomic mass is 35.5. The lowest BCUT2D eigenvalue weighted by molar-refractivity contribution is 0.415. The number of hydrogen-bond acceptors (Lipinski definition) is 6. The molecule has 0 saturated heterocycles. The number of ether oxygens (including phenoxy) is 1. The lowest BCUT2D eigenvalue weighted by atomic mass is 10.2. The van der Waals surface area contributed by atoms with E-state index in [-0.39, 0.29) is 0 Å². The number of rotatable bonds is 8. The Bertz CT molecular complexity index is 830. The molecule has 3 rings (SSSR count). The van der Waals surface area contributed by atoms with Crippen molar-refractivity contribution in [3.8, 4) is 17.1 Å². The molecular formula is C17H20ClN5O2. The van der Waals surface area contributed by atoms with Crippen LogP contribution in [-0.2, 0) is 13.1 Å². The fourth-order valence-corrected chi connectivity index (χ4v) is 2.66. The van der Waals surface area contributed by atoms with Crippen LogP contribution in [0.3, 0.4) is 0 Å². The van der Waals surface area contributed by atoms with E-state index < -0.39 is 0 Å². The Balaban J connectivity index is 1.66. The number of benzene rings is 1. The molecule has 0 atom stereocenters. The standard InChI is InChI=1S/C17H20ClN5O2/c1-3-4-9-23-17(20-21-22-23)19-11-13-6-8-15(25-13)12-5-7-16(24-2)14(18)10-12/h5-8,10H,3-4,9,11H2,1-2H3,(H,19,20,22). The SMILES string of the molecule is CCCCn1nnnc1NCc1ccc(-c2ccc(OC)c(Cl)c2)o1. The topological polar surface area (TPSA) is 78.0 Å². The summed E-state index contributed by atoms with van der Waals surface area (Å²) in [6.07, 6.45) is 2.12. The zero-order chi connectivity index (χ0) is 17.6. The Labute approximate surface area is 150 Å². The van der Waals surface area contributed by atoms with E-state index in [1.54, 1.807) is 11.8 Å². The van der Waals surface area contributed by atoms with Crippen LogP contribution >= 0.6 is 11.6 Å². The predicted octanol–water partition coefficient (Wildman–Crippen LogP) is 4.01. The Kier molecular flexibility index (Phi) is 5.55. The van der Waals surface area contributed by atoms with Crippen LogP contribution in [0.4, 0.5) is 5.95 Å². The number of nitrogens with zero attached hydrogens (tertiary/aromatic N) is 4. The number of tetrazole rings is 1. The van der Waals surface area contributed by atoms with Crippen LogP contribution in [0, 0.1) is 0 Å². The van der Waals surface area contributed by atoms with Gasteiger partial charge in [0.2, 0.25) is 5.95 Å². The fraction of sp³-hybridized carbons (Fsp3) is 0.353. The lowest BCUT2D eigenvalue weighted by Crippen LogP contribution is -2.08. The number of unbranched alkanes of at least 4 members (excludes halogenated alkanes) is 1. The first-order valence-corrected chi connectivity index (χ1v) is 8.51. The second kappa shape index (κ2) is 8.02. The molecule has 1 N–H and O–H groups in total. The van der Waals surface area contributed by atoms with Gasteiger partial charge in [-0.05, 0) is 47.2 Å². The number of aromatic nitrogens is 4. The lowest BCUT2D eigenvalue weighted by Gasteiger charge is -2.05. The smallest absolute Gasteiger partial charge is 0.243 e. The largest absolute Gasteiger partial charge is 0.495 e. The van der Waals surface area contributed by atoms with E-state index in [1.807, 2.05) is 30.3 Å². The average molecular weight is 362 g/mol. The van der Waals surface area contributed by atoms with Crippen molar-refractivity contribution < 1.29 is 9.15 Å². The van der Waals surface area contributed by atoms with Gasteiger partial charge in [0.15, 0.2) is 0 Å². The molecule has 2 aromatic heterocycles. The number of halogens is 1. The molecule has 7 nitrogen and oxygen atoms in total. The van der Waals surface area contributed by atoms with Crippen molar-refractivity contribution in [1.82, 2.24) is 20.2 Å². The van der Waals surface area contributed by atoms with E-state index in [0.717, 1.165) is 36.5 Å². The minimum absolute atomic E-state index is 0.496. The predicted molar refractivity (Wildman–Crippen MR) is 95.8 cm³/mol. The maximum Gasteiger partial charge on any atom is 0.243 e. The first-order chi connectivity index (χ1) is 12.2. The van der Waals surface area contributed by atoms with Crippen LogP contribution in [0.15, 0.2) is 34.7 Å². The number of furan rings is 1. The van der Waals surface area contributed by atoms with E-state index in [1.165, 1.54) is 0 Å². The third-order valence-corrected chi connectivity index (χ3v) is 4.07. The normalized spacial score (nSPS) is 10.8. The molecule has 0 aliphatic heterocycles. The van der Waals surface area contributed by atoms with Gasteiger partial charge in [-0.25, -0.2) is 4.68 Å².